The summed E-state index contributed by atoms with van der Waals surface area (Å²) in [4.78, 5) is 12.1. The number of nitrogens with two attached hydrogens (primary N) is 1. The molecule has 3 rings (SSSR count). The zero-order valence-corrected chi connectivity index (χ0v) is 13.9. The second-order valence-corrected chi connectivity index (χ2v) is 5.91. The lowest BCUT2D eigenvalue weighted by atomic mass is 10.0. The molecule has 0 amide bonds. The molecule has 25 heavy (non-hydrogen) atoms. The normalized spacial score (nSPS) is 10.6. The average Bonchev–Trinajstić information content (AvgIpc) is 2.62. The van der Waals surface area contributed by atoms with Crippen molar-refractivity contribution in [3.8, 4) is 5.75 Å². The van der Waals surface area contributed by atoms with Gasteiger partial charge in [-0.05, 0) is 41.3 Å². The predicted octanol–water partition coefficient (Wildman–Crippen LogP) is 4.05. The van der Waals surface area contributed by atoms with Crippen LogP contribution in [0.25, 0.3) is 10.8 Å². The van der Waals surface area contributed by atoms with Crippen molar-refractivity contribution in [2.75, 3.05) is 0 Å². The Hall–Kier alpha value is -3.14. The van der Waals surface area contributed by atoms with E-state index in [9.17, 15) is 4.79 Å². The van der Waals surface area contributed by atoms with Crippen LogP contribution >= 0.6 is 0 Å². The van der Waals surface area contributed by atoms with E-state index in [1.165, 1.54) is 0 Å². The Morgan fingerprint density at radius 2 is 1.68 bits per heavy atom. The first-order valence-corrected chi connectivity index (χ1v) is 8.25. The monoisotopic (exact) mass is 332 g/mol. The van der Waals surface area contributed by atoms with Gasteiger partial charge in [0.05, 0.1) is 0 Å². The van der Waals surface area contributed by atoms with Gasteiger partial charge in [-0.3, -0.25) is 10.2 Å². The second-order valence-electron chi connectivity index (χ2n) is 5.91. The van der Waals surface area contributed by atoms with Gasteiger partial charge < -0.3 is 10.5 Å². The molecule has 126 valence electrons. The zero-order valence-electron chi connectivity index (χ0n) is 13.9. The van der Waals surface area contributed by atoms with Crippen LogP contribution in [-0.4, -0.2) is 11.8 Å². The first-order chi connectivity index (χ1) is 12.1. The number of hydrogen-bond donors (Lipinski definition) is 2. The number of amidine groups is 1. The molecule has 4 nitrogen and oxygen atoms in total. The fourth-order valence-electron chi connectivity index (χ4n) is 2.84. The maximum absolute atomic E-state index is 12.1. The van der Waals surface area contributed by atoms with Crippen molar-refractivity contribution in [2.45, 2.75) is 19.3 Å². The van der Waals surface area contributed by atoms with E-state index in [2.05, 4.69) is 0 Å². The highest BCUT2D eigenvalue weighted by Gasteiger charge is 2.08. The average molecular weight is 332 g/mol. The Morgan fingerprint density at radius 3 is 2.48 bits per heavy atom. The van der Waals surface area contributed by atoms with Crippen LogP contribution < -0.4 is 10.5 Å². The Bertz CT molecular complexity index is 918. The van der Waals surface area contributed by atoms with E-state index < -0.39 is 0 Å². The third-order valence-corrected chi connectivity index (χ3v) is 4.09. The summed E-state index contributed by atoms with van der Waals surface area (Å²) in [5.41, 5.74) is 7.29. The molecule has 0 aliphatic carbocycles. The van der Waals surface area contributed by atoms with E-state index in [0.29, 0.717) is 25.0 Å². The molecule has 0 saturated carbocycles. The maximum atomic E-state index is 12.1. The Labute approximate surface area is 146 Å². The molecule has 3 N–H and O–H groups in total. The lowest BCUT2D eigenvalue weighted by molar-refractivity contribution is -0.134. The van der Waals surface area contributed by atoms with E-state index in [4.69, 9.17) is 15.9 Å². The van der Waals surface area contributed by atoms with Crippen LogP contribution in [0.1, 0.15) is 24.0 Å². The van der Waals surface area contributed by atoms with Crippen LogP contribution in [0.5, 0.6) is 5.75 Å². The van der Waals surface area contributed by atoms with Gasteiger partial charge in [0.2, 0.25) is 0 Å². The molecule has 0 aliphatic heterocycles. The van der Waals surface area contributed by atoms with Crippen molar-refractivity contribution >= 4 is 22.6 Å². The summed E-state index contributed by atoms with van der Waals surface area (Å²) in [6, 6.07) is 21.1. The molecule has 0 fully saturated rings. The molecular weight excluding hydrogens is 312 g/mol. The quantitative estimate of drug-likeness (QED) is 0.309. The number of rotatable bonds is 6. The highest BCUT2D eigenvalue weighted by atomic mass is 16.5. The number of carbonyl (C=O) groups is 1. The highest BCUT2D eigenvalue weighted by Crippen LogP contribution is 2.21. The van der Waals surface area contributed by atoms with Crippen LogP contribution in [0.3, 0.4) is 0 Å². The minimum Gasteiger partial charge on any atom is -0.427 e. The van der Waals surface area contributed by atoms with Crippen molar-refractivity contribution in [3.05, 3.63) is 77.9 Å². The number of carbonyl (C=O) groups excluding carboxylic acids is 1. The summed E-state index contributed by atoms with van der Waals surface area (Å²) < 4.78 is 5.43. The van der Waals surface area contributed by atoms with Crippen LogP contribution in [0.15, 0.2) is 66.7 Å². The lowest BCUT2D eigenvalue weighted by Gasteiger charge is -2.08. The van der Waals surface area contributed by atoms with Crippen LogP contribution in [0.2, 0.25) is 0 Å². The molecule has 3 aromatic carbocycles. The number of nitrogens with one attached hydrogen (secondary N) is 1. The summed E-state index contributed by atoms with van der Waals surface area (Å²) in [6.07, 6.45) is 1.65. The van der Waals surface area contributed by atoms with E-state index >= 15 is 0 Å². The fraction of sp³-hybridized carbons (Fsp3) is 0.143. The van der Waals surface area contributed by atoms with Gasteiger partial charge in [-0.15, -0.1) is 0 Å². The molecule has 0 spiro atoms. The van der Waals surface area contributed by atoms with Crippen LogP contribution in [0.4, 0.5) is 0 Å². The largest absolute Gasteiger partial charge is 0.427 e. The number of aryl methyl sites for hydroxylation is 1. The van der Waals surface area contributed by atoms with Crippen molar-refractivity contribution in [3.63, 3.8) is 0 Å². The molecule has 3 aromatic rings. The second kappa shape index (κ2) is 7.62. The summed E-state index contributed by atoms with van der Waals surface area (Å²) in [5.74, 6) is 0.359. The molecule has 0 radical (unpaired) electrons. The van der Waals surface area contributed by atoms with Gasteiger partial charge in [-0.25, -0.2) is 0 Å². The summed E-state index contributed by atoms with van der Waals surface area (Å²) in [5, 5.41) is 9.76. The molecular formula is C21H20N2O2. The van der Waals surface area contributed by atoms with Gasteiger partial charge in [0, 0.05) is 12.0 Å². The smallest absolute Gasteiger partial charge is 0.311 e. The van der Waals surface area contributed by atoms with E-state index in [1.54, 1.807) is 0 Å². The third kappa shape index (κ3) is 4.23. The summed E-state index contributed by atoms with van der Waals surface area (Å²) >= 11 is 0. The number of hydrogen-bond acceptors (Lipinski definition) is 3. The first-order valence-electron chi connectivity index (χ1n) is 8.25. The zero-order chi connectivity index (χ0) is 17.6. The molecule has 0 aliphatic rings. The minimum atomic E-state index is -0.254. The Balaban J connectivity index is 1.57. The summed E-state index contributed by atoms with van der Waals surface area (Å²) in [7, 11) is 0. The van der Waals surface area contributed by atoms with E-state index in [1.807, 2.05) is 66.7 Å². The number of ether oxygens (including phenoxy) is 1. The lowest BCUT2D eigenvalue weighted by Crippen LogP contribution is -2.14. The van der Waals surface area contributed by atoms with Gasteiger partial charge in [-0.1, -0.05) is 54.6 Å². The van der Waals surface area contributed by atoms with E-state index in [0.717, 1.165) is 21.9 Å². The van der Waals surface area contributed by atoms with Crippen molar-refractivity contribution < 1.29 is 9.53 Å². The standard InChI is InChI=1S/C21H20N2O2/c22-21(23)19-10-4-3-7-16(19)9-5-11-20(24)25-18-13-12-15-6-1-2-8-17(15)14-18/h1-4,6-8,10,12-14H,5,9,11H2,(H3,22,23). The van der Waals surface area contributed by atoms with Crippen molar-refractivity contribution in [1.29, 1.82) is 5.41 Å². The molecule has 0 atom stereocenters. The molecule has 0 heterocycles. The van der Waals surface area contributed by atoms with Crippen LogP contribution in [-0.2, 0) is 11.2 Å². The predicted molar refractivity (Wildman–Crippen MR) is 100.0 cm³/mol. The van der Waals surface area contributed by atoms with E-state index in [-0.39, 0.29) is 11.8 Å². The molecule has 0 aromatic heterocycles. The van der Waals surface area contributed by atoms with Crippen molar-refractivity contribution in [1.82, 2.24) is 0 Å². The van der Waals surface area contributed by atoms with Gasteiger partial charge in [0.1, 0.15) is 11.6 Å². The number of fused-ring (bicyclic) bond motifs is 1. The number of esters is 1. The Kier molecular flexibility index (Phi) is 5.09. The topological polar surface area (TPSA) is 76.2 Å². The minimum absolute atomic E-state index is 0.0503. The van der Waals surface area contributed by atoms with Gasteiger partial charge in [0.25, 0.3) is 0 Å². The molecule has 0 bridgehead atoms. The van der Waals surface area contributed by atoms with Crippen molar-refractivity contribution in [2.24, 2.45) is 5.73 Å². The maximum Gasteiger partial charge on any atom is 0.311 e. The molecule has 4 heteroatoms. The Morgan fingerprint density at radius 1 is 0.960 bits per heavy atom. The summed E-state index contributed by atoms with van der Waals surface area (Å²) in [6.45, 7) is 0. The third-order valence-electron chi connectivity index (χ3n) is 4.09. The highest BCUT2D eigenvalue weighted by molar-refractivity contribution is 5.96. The number of benzene rings is 3. The molecule has 0 unspecified atom stereocenters. The first kappa shape index (κ1) is 16.7. The number of nitrogen functional groups attached to an aromatic ring is 1. The van der Waals surface area contributed by atoms with Gasteiger partial charge in [-0.2, -0.15) is 0 Å². The van der Waals surface area contributed by atoms with Gasteiger partial charge >= 0.3 is 5.97 Å². The SMILES string of the molecule is N=C(N)c1ccccc1CCCC(=O)Oc1ccc2ccccc2c1. The van der Waals surface area contributed by atoms with Gasteiger partial charge in [0.15, 0.2) is 0 Å². The fourth-order valence-corrected chi connectivity index (χ4v) is 2.84. The molecule has 0 saturated heterocycles. The van der Waals surface area contributed by atoms with Crippen LogP contribution in [0, 0.1) is 5.41 Å².